The lowest BCUT2D eigenvalue weighted by Gasteiger charge is -2.47. The molecule has 2 N–H and O–H groups in total. The number of benzene rings is 1. The molecular weight excluding hydrogens is 564 g/mol. The van der Waals surface area contributed by atoms with Crippen LogP contribution in [0.25, 0.3) is 0 Å². The average molecular weight is 598 g/mol. The van der Waals surface area contributed by atoms with Crippen molar-refractivity contribution < 1.29 is 41.3 Å². The Hall–Kier alpha value is -2.85. The highest BCUT2D eigenvalue weighted by atomic mass is 32.2. The summed E-state index contributed by atoms with van der Waals surface area (Å²) < 4.78 is 58.9. The number of fused-ring (bicyclic) bond motifs is 1. The van der Waals surface area contributed by atoms with Crippen molar-refractivity contribution in [2.24, 2.45) is 5.41 Å². The summed E-state index contributed by atoms with van der Waals surface area (Å²) in [6.07, 6.45) is 1.51. The van der Waals surface area contributed by atoms with Crippen molar-refractivity contribution in [2.75, 3.05) is 25.3 Å². The number of aromatic nitrogens is 2. The second kappa shape index (κ2) is 12.3. The largest absolute Gasteiger partial charge is 0.771 e. The second-order valence-electron chi connectivity index (χ2n) is 10.4. The van der Waals surface area contributed by atoms with Crippen LogP contribution in [0.15, 0.2) is 30.3 Å². The summed E-state index contributed by atoms with van der Waals surface area (Å²) in [5, 5.41) is 16.4. The number of carboxylic acid groups (broad SMARTS) is 1. The molecule has 2 aromatic rings. The van der Waals surface area contributed by atoms with E-state index in [-0.39, 0.29) is 43.5 Å². The first kappa shape index (κ1) is 30.1. The molecule has 2 atom stereocenters. The Morgan fingerprint density at radius 3 is 2.60 bits per heavy atom. The Balaban J connectivity index is 1.43. The quantitative estimate of drug-likeness (QED) is 0.340. The van der Waals surface area contributed by atoms with Gasteiger partial charge in [-0.2, -0.15) is 9.19 Å². The normalized spacial score (nSPS) is 23.2. The molecule has 4 rings (SSSR count). The van der Waals surface area contributed by atoms with Gasteiger partial charge in [-0.25, -0.2) is 13.2 Å². The number of ether oxygens (including phenoxy) is 2. The van der Waals surface area contributed by atoms with E-state index < -0.39 is 50.5 Å². The maximum absolute atomic E-state index is 13.3. The lowest BCUT2D eigenvalue weighted by Crippen LogP contribution is -2.47. The SMILES string of the molecule is C[C@@H]1Cc2nn(S(C)(=O)=O)c(C(=O)NCCC3(COCS(=O)[O-])CC(OCc4ccccc4)C3)c2CN1C(=O)O. The minimum atomic E-state index is -3.95. The maximum Gasteiger partial charge on any atom is 0.407 e. The van der Waals surface area contributed by atoms with E-state index in [1.165, 1.54) is 0 Å². The predicted molar refractivity (Wildman–Crippen MR) is 143 cm³/mol. The van der Waals surface area contributed by atoms with E-state index in [0.717, 1.165) is 16.7 Å². The molecule has 1 saturated carbocycles. The molecule has 1 aliphatic heterocycles. The summed E-state index contributed by atoms with van der Waals surface area (Å²) in [6, 6.07) is 9.27. The van der Waals surface area contributed by atoms with Crippen LogP contribution in [0.5, 0.6) is 0 Å². The van der Waals surface area contributed by atoms with Gasteiger partial charge in [-0.1, -0.05) is 30.3 Å². The van der Waals surface area contributed by atoms with Crippen molar-refractivity contribution in [3.05, 3.63) is 52.8 Å². The van der Waals surface area contributed by atoms with E-state index in [9.17, 15) is 31.9 Å². The number of rotatable bonds is 12. The molecule has 0 spiro atoms. The lowest BCUT2D eigenvalue weighted by molar-refractivity contribution is -0.118. The maximum atomic E-state index is 13.3. The van der Waals surface area contributed by atoms with E-state index in [0.29, 0.717) is 35.7 Å². The highest BCUT2D eigenvalue weighted by molar-refractivity contribution is 7.89. The number of hydrogen-bond donors (Lipinski definition) is 2. The Kier molecular flexibility index (Phi) is 9.29. The van der Waals surface area contributed by atoms with E-state index >= 15 is 0 Å². The van der Waals surface area contributed by atoms with Crippen molar-refractivity contribution in [3.8, 4) is 0 Å². The van der Waals surface area contributed by atoms with Gasteiger partial charge < -0.3 is 29.3 Å². The van der Waals surface area contributed by atoms with Gasteiger partial charge in [-0.3, -0.25) is 9.00 Å². The molecule has 0 bridgehead atoms. The summed E-state index contributed by atoms with van der Waals surface area (Å²) in [5.41, 5.74) is 1.03. The average Bonchev–Trinajstić information content (AvgIpc) is 3.24. The van der Waals surface area contributed by atoms with Gasteiger partial charge in [0.15, 0.2) is 0 Å². The molecule has 13 nitrogen and oxygen atoms in total. The number of nitrogens with one attached hydrogen (secondary N) is 1. The molecule has 2 amide bonds. The van der Waals surface area contributed by atoms with E-state index in [1.807, 2.05) is 30.3 Å². The Labute approximate surface area is 235 Å². The van der Waals surface area contributed by atoms with Crippen LogP contribution in [0.1, 0.15) is 53.5 Å². The molecule has 40 heavy (non-hydrogen) atoms. The molecular formula is C25H33N4O9S2-. The summed E-state index contributed by atoms with van der Waals surface area (Å²) in [7, 11) is -3.95. The van der Waals surface area contributed by atoms with Gasteiger partial charge in [0.1, 0.15) is 11.6 Å². The zero-order chi connectivity index (χ0) is 29.1. The Morgan fingerprint density at radius 2 is 1.98 bits per heavy atom. The number of nitrogens with zero attached hydrogens (tertiary/aromatic N) is 3. The van der Waals surface area contributed by atoms with Crippen LogP contribution < -0.4 is 5.32 Å². The first-order valence-electron chi connectivity index (χ1n) is 12.8. The molecule has 220 valence electrons. The third kappa shape index (κ3) is 7.07. The zero-order valence-corrected chi connectivity index (χ0v) is 23.9. The van der Waals surface area contributed by atoms with Crippen LogP contribution >= 0.6 is 0 Å². The zero-order valence-electron chi connectivity index (χ0n) is 22.3. The number of amides is 2. The van der Waals surface area contributed by atoms with Gasteiger partial charge in [0.05, 0.1) is 37.8 Å². The second-order valence-corrected chi connectivity index (χ2v) is 13.1. The summed E-state index contributed by atoms with van der Waals surface area (Å²) in [5.74, 6) is -1.13. The van der Waals surface area contributed by atoms with Gasteiger partial charge in [0.2, 0.25) is 0 Å². The number of carbonyl (C=O) groups is 2. The first-order chi connectivity index (χ1) is 18.9. The third-order valence-electron chi connectivity index (χ3n) is 7.34. The molecule has 0 radical (unpaired) electrons. The van der Waals surface area contributed by atoms with E-state index in [2.05, 4.69) is 10.4 Å². The molecule has 2 aliphatic rings. The molecule has 2 heterocycles. The monoisotopic (exact) mass is 597 g/mol. The summed E-state index contributed by atoms with van der Waals surface area (Å²) in [6.45, 7) is 2.28. The number of carbonyl (C=O) groups excluding carboxylic acids is 1. The van der Waals surface area contributed by atoms with Crippen LogP contribution in [0.4, 0.5) is 4.79 Å². The van der Waals surface area contributed by atoms with Crippen LogP contribution in [0, 0.1) is 5.41 Å². The van der Waals surface area contributed by atoms with Crippen molar-refractivity contribution >= 4 is 33.1 Å². The van der Waals surface area contributed by atoms with Crippen molar-refractivity contribution in [2.45, 2.75) is 57.9 Å². The van der Waals surface area contributed by atoms with Gasteiger partial charge >= 0.3 is 6.09 Å². The Bertz CT molecular complexity index is 1360. The summed E-state index contributed by atoms with van der Waals surface area (Å²) in [4.78, 5) is 26.1. The molecule has 1 aromatic heterocycles. The third-order valence-corrected chi connectivity index (χ3v) is 8.59. The molecule has 15 heteroatoms. The van der Waals surface area contributed by atoms with Gasteiger partial charge in [0.25, 0.3) is 15.9 Å². The topological polar surface area (TPSA) is 180 Å². The van der Waals surface area contributed by atoms with Crippen LogP contribution in [-0.4, -0.2) is 85.9 Å². The first-order valence-corrected chi connectivity index (χ1v) is 15.9. The highest BCUT2D eigenvalue weighted by Gasteiger charge is 2.45. The molecule has 0 saturated heterocycles. The van der Waals surface area contributed by atoms with Crippen LogP contribution in [0.3, 0.4) is 0 Å². The van der Waals surface area contributed by atoms with E-state index in [4.69, 9.17) is 9.47 Å². The van der Waals surface area contributed by atoms with Crippen LogP contribution in [0.2, 0.25) is 0 Å². The Morgan fingerprint density at radius 1 is 1.27 bits per heavy atom. The lowest BCUT2D eigenvalue weighted by atomic mass is 9.65. The minimum Gasteiger partial charge on any atom is -0.771 e. The van der Waals surface area contributed by atoms with Crippen molar-refractivity contribution in [1.29, 1.82) is 0 Å². The summed E-state index contributed by atoms with van der Waals surface area (Å²) >= 11 is -2.36. The smallest absolute Gasteiger partial charge is 0.407 e. The van der Waals surface area contributed by atoms with Crippen molar-refractivity contribution in [1.82, 2.24) is 19.4 Å². The predicted octanol–water partition coefficient (Wildman–Crippen LogP) is 1.45. The van der Waals surface area contributed by atoms with Gasteiger partial charge in [-0.15, -0.1) is 0 Å². The molecule has 1 unspecified atom stereocenters. The number of hydrogen-bond acceptors (Lipinski definition) is 9. The highest BCUT2D eigenvalue weighted by Crippen LogP contribution is 2.46. The standard InChI is InChI=1S/C25H34N4O9S2/c1-17-10-21-20(13-28(17)24(31)32)22(29(27-21)40(2,35)36)23(30)26-9-8-25(15-37-16-39(33)34)11-19(12-25)38-14-18-6-4-3-5-7-18/h3-7,17,19H,8-16H2,1-2H3,(H,26,30)(H,31,32)(H,33,34)/p-1/t17-,19?,25?/m1/s1. The van der Waals surface area contributed by atoms with Gasteiger partial charge in [-0.05, 0) is 42.8 Å². The van der Waals surface area contributed by atoms with Gasteiger partial charge in [0, 0.05) is 30.0 Å². The molecule has 1 aromatic carbocycles. The molecule has 1 fully saturated rings. The fraction of sp³-hybridized carbons (Fsp3) is 0.560. The van der Waals surface area contributed by atoms with Crippen molar-refractivity contribution in [3.63, 3.8) is 0 Å². The fourth-order valence-electron chi connectivity index (χ4n) is 5.30. The fourth-order valence-corrected chi connectivity index (χ4v) is 6.29. The minimum absolute atomic E-state index is 0.0556. The van der Waals surface area contributed by atoms with Crippen LogP contribution in [-0.2, 0) is 50.1 Å². The van der Waals surface area contributed by atoms with E-state index in [1.54, 1.807) is 6.92 Å². The molecule has 1 aliphatic carbocycles.